The van der Waals surface area contributed by atoms with Crippen molar-refractivity contribution in [1.82, 2.24) is 10.6 Å². The van der Waals surface area contributed by atoms with Crippen LogP contribution in [0.3, 0.4) is 0 Å². The van der Waals surface area contributed by atoms with Gasteiger partial charge in [-0.3, -0.25) is 16.1 Å². The molecule has 0 saturated heterocycles. The van der Waals surface area contributed by atoms with Gasteiger partial charge in [0.05, 0.1) is 12.6 Å². The van der Waals surface area contributed by atoms with E-state index >= 15 is 0 Å². The fraction of sp³-hybridized carbons (Fsp3) is 0.750. The standard InChI is InChI=1S/C8H19N5O/c1-5(2)3-6(4-14)12-8(11)13-7(9)10/h5-6,14H,3-4H2,1-2H3,(H6,9,10,11,12,13). The zero-order chi connectivity index (χ0) is 11.1. The average molecular weight is 201 g/mol. The highest BCUT2D eigenvalue weighted by molar-refractivity contribution is 5.94. The topological polar surface area (TPSA) is 118 Å². The van der Waals surface area contributed by atoms with Gasteiger partial charge in [0, 0.05) is 0 Å². The van der Waals surface area contributed by atoms with Crippen molar-refractivity contribution in [2.75, 3.05) is 6.61 Å². The third-order valence-electron chi connectivity index (χ3n) is 1.58. The van der Waals surface area contributed by atoms with Crippen molar-refractivity contribution in [3.05, 3.63) is 0 Å². The minimum absolute atomic E-state index is 0.0415. The number of aliphatic hydroxyl groups excluding tert-OH is 1. The molecule has 0 saturated carbocycles. The molecule has 0 aliphatic rings. The predicted octanol–water partition coefficient (Wildman–Crippen LogP) is -0.599. The Hall–Kier alpha value is -1.30. The molecule has 1 unspecified atom stereocenters. The van der Waals surface area contributed by atoms with Crippen LogP contribution in [0.4, 0.5) is 0 Å². The molecule has 0 radical (unpaired) electrons. The largest absolute Gasteiger partial charge is 0.394 e. The summed E-state index contributed by atoms with van der Waals surface area (Å²) in [7, 11) is 0. The first-order chi connectivity index (χ1) is 6.45. The van der Waals surface area contributed by atoms with E-state index in [4.69, 9.17) is 21.7 Å². The Balaban J connectivity index is 3.92. The maximum absolute atomic E-state index is 8.99. The van der Waals surface area contributed by atoms with Crippen LogP contribution in [0.5, 0.6) is 0 Å². The molecule has 0 spiro atoms. The molecule has 0 rings (SSSR count). The van der Waals surface area contributed by atoms with Crippen molar-refractivity contribution >= 4 is 11.9 Å². The molecule has 6 nitrogen and oxygen atoms in total. The number of nitrogens with two attached hydrogens (primary N) is 1. The summed E-state index contributed by atoms with van der Waals surface area (Å²) in [6.07, 6.45) is 0.762. The summed E-state index contributed by atoms with van der Waals surface area (Å²) in [6, 6.07) is -0.172. The lowest BCUT2D eigenvalue weighted by Crippen LogP contribution is -2.48. The molecule has 0 aliphatic heterocycles. The Morgan fingerprint density at radius 3 is 2.36 bits per heavy atom. The molecule has 0 aliphatic carbocycles. The molecule has 0 fully saturated rings. The van der Waals surface area contributed by atoms with Crippen molar-refractivity contribution in [3.63, 3.8) is 0 Å². The van der Waals surface area contributed by atoms with E-state index < -0.39 is 0 Å². The van der Waals surface area contributed by atoms with Crippen LogP contribution in [0, 0.1) is 16.7 Å². The van der Waals surface area contributed by atoms with E-state index in [0.29, 0.717) is 5.92 Å². The van der Waals surface area contributed by atoms with E-state index in [2.05, 4.69) is 10.6 Å². The van der Waals surface area contributed by atoms with Crippen LogP contribution in [0.15, 0.2) is 0 Å². The lowest BCUT2D eigenvalue weighted by Gasteiger charge is -2.19. The molecule has 7 N–H and O–H groups in total. The zero-order valence-electron chi connectivity index (χ0n) is 8.59. The fourth-order valence-corrected chi connectivity index (χ4v) is 1.12. The lowest BCUT2D eigenvalue weighted by atomic mass is 10.0. The summed E-state index contributed by atoms with van der Waals surface area (Å²) in [6.45, 7) is 4.03. The van der Waals surface area contributed by atoms with Gasteiger partial charge >= 0.3 is 0 Å². The van der Waals surface area contributed by atoms with Crippen molar-refractivity contribution in [2.24, 2.45) is 11.7 Å². The quantitative estimate of drug-likeness (QED) is 0.269. The number of rotatable bonds is 4. The monoisotopic (exact) mass is 201 g/mol. The van der Waals surface area contributed by atoms with E-state index in [9.17, 15) is 0 Å². The van der Waals surface area contributed by atoms with Crippen molar-refractivity contribution in [2.45, 2.75) is 26.3 Å². The van der Waals surface area contributed by atoms with Gasteiger partial charge in [0.15, 0.2) is 11.9 Å². The molecule has 0 bridgehead atoms. The van der Waals surface area contributed by atoms with Gasteiger partial charge in [-0.2, -0.15) is 0 Å². The van der Waals surface area contributed by atoms with Crippen molar-refractivity contribution in [3.8, 4) is 0 Å². The SMILES string of the molecule is CC(C)CC(CO)NC(=N)NC(=N)N. The predicted molar refractivity (Wildman–Crippen MR) is 56.2 cm³/mol. The van der Waals surface area contributed by atoms with Crippen molar-refractivity contribution in [1.29, 1.82) is 10.8 Å². The van der Waals surface area contributed by atoms with Gasteiger partial charge < -0.3 is 16.2 Å². The van der Waals surface area contributed by atoms with Crippen LogP contribution >= 0.6 is 0 Å². The smallest absolute Gasteiger partial charge is 0.195 e. The van der Waals surface area contributed by atoms with Crippen molar-refractivity contribution < 1.29 is 5.11 Å². The molecule has 0 heterocycles. The van der Waals surface area contributed by atoms with E-state index in [1.165, 1.54) is 0 Å². The van der Waals surface area contributed by atoms with Crippen LogP contribution in [-0.2, 0) is 0 Å². The highest BCUT2D eigenvalue weighted by Gasteiger charge is 2.10. The maximum Gasteiger partial charge on any atom is 0.195 e. The summed E-state index contributed by atoms with van der Waals surface area (Å²) in [4.78, 5) is 0. The minimum atomic E-state index is -0.288. The molecule has 0 aromatic heterocycles. The molecule has 0 aromatic carbocycles. The summed E-state index contributed by atoms with van der Waals surface area (Å²) in [5.41, 5.74) is 5.04. The second kappa shape index (κ2) is 6.20. The van der Waals surface area contributed by atoms with Crippen LogP contribution in [0.1, 0.15) is 20.3 Å². The van der Waals surface area contributed by atoms with Crippen LogP contribution < -0.4 is 16.4 Å². The van der Waals surface area contributed by atoms with Gasteiger partial charge in [-0.05, 0) is 12.3 Å². The first-order valence-corrected chi connectivity index (χ1v) is 4.52. The highest BCUT2D eigenvalue weighted by Crippen LogP contribution is 2.03. The summed E-state index contributed by atoms with van der Waals surface area (Å²) < 4.78 is 0. The summed E-state index contributed by atoms with van der Waals surface area (Å²) in [5.74, 6) is 0.0886. The first kappa shape index (κ1) is 12.7. The zero-order valence-corrected chi connectivity index (χ0v) is 8.59. The molecular weight excluding hydrogens is 182 g/mol. The molecule has 82 valence electrons. The number of aliphatic hydroxyl groups is 1. The van der Waals surface area contributed by atoms with Crippen LogP contribution in [0.25, 0.3) is 0 Å². The van der Waals surface area contributed by atoms with Gasteiger partial charge in [0.1, 0.15) is 0 Å². The number of hydrogen-bond acceptors (Lipinski definition) is 3. The third-order valence-corrected chi connectivity index (χ3v) is 1.58. The molecular formula is C8H19N5O. The van der Waals surface area contributed by atoms with Crippen LogP contribution in [-0.4, -0.2) is 29.7 Å². The summed E-state index contributed by atoms with van der Waals surface area (Å²) in [5, 5.41) is 28.3. The maximum atomic E-state index is 8.99. The third kappa shape index (κ3) is 6.24. The Morgan fingerprint density at radius 1 is 1.43 bits per heavy atom. The van der Waals surface area contributed by atoms with E-state index in [0.717, 1.165) is 6.42 Å². The molecule has 14 heavy (non-hydrogen) atoms. The molecule has 6 heteroatoms. The molecule has 0 amide bonds. The normalized spacial score (nSPS) is 12.3. The number of nitrogens with one attached hydrogen (secondary N) is 4. The minimum Gasteiger partial charge on any atom is -0.394 e. The van der Waals surface area contributed by atoms with Gasteiger partial charge in [-0.1, -0.05) is 13.8 Å². The fourth-order valence-electron chi connectivity index (χ4n) is 1.12. The van der Waals surface area contributed by atoms with Gasteiger partial charge in [0.2, 0.25) is 0 Å². The van der Waals surface area contributed by atoms with Gasteiger partial charge in [0.25, 0.3) is 0 Å². The lowest BCUT2D eigenvalue weighted by molar-refractivity contribution is 0.238. The average Bonchev–Trinajstić information content (AvgIpc) is 2.00. The van der Waals surface area contributed by atoms with E-state index in [1.807, 2.05) is 13.8 Å². The Bertz CT molecular complexity index is 204. The number of hydrogen-bond donors (Lipinski definition) is 6. The number of guanidine groups is 2. The Labute approximate surface area is 83.9 Å². The Kier molecular flexibility index (Phi) is 5.62. The second-order valence-corrected chi connectivity index (χ2v) is 3.57. The Morgan fingerprint density at radius 2 is 2.00 bits per heavy atom. The van der Waals surface area contributed by atoms with Crippen LogP contribution in [0.2, 0.25) is 0 Å². The van der Waals surface area contributed by atoms with Gasteiger partial charge in [-0.15, -0.1) is 0 Å². The second-order valence-electron chi connectivity index (χ2n) is 3.57. The van der Waals surface area contributed by atoms with E-state index in [1.54, 1.807) is 0 Å². The molecule has 1 atom stereocenters. The summed E-state index contributed by atoms with van der Waals surface area (Å²) >= 11 is 0. The first-order valence-electron chi connectivity index (χ1n) is 4.52. The van der Waals surface area contributed by atoms with E-state index in [-0.39, 0.29) is 24.6 Å². The highest BCUT2D eigenvalue weighted by atomic mass is 16.3. The molecule has 0 aromatic rings. The van der Waals surface area contributed by atoms with Gasteiger partial charge in [-0.25, -0.2) is 0 Å².